The summed E-state index contributed by atoms with van der Waals surface area (Å²) in [6.07, 6.45) is 0. The predicted octanol–water partition coefficient (Wildman–Crippen LogP) is 7.95. The molecule has 0 bridgehead atoms. The van der Waals surface area contributed by atoms with E-state index in [0.29, 0.717) is 17.2 Å². The molecule has 7 heteroatoms. The Labute approximate surface area is 232 Å². The molecule has 3 aromatic carbocycles. The van der Waals surface area contributed by atoms with E-state index in [2.05, 4.69) is 16.0 Å². The summed E-state index contributed by atoms with van der Waals surface area (Å²) in [6.45, 7) is 8.31. The summed E-state index contributed by atoms with van der Waals surface area (Å²) >= 11 is 12.4. The minimum Gasteiger partial charge on any atom is -0.489 e. The number of hydrogen-bond donors (Lipinski definition) is 1. The summed E-state index contributed by atoms with van der Waals surface area (Å²) in [5.74, 6) is 0.735. The van der Waals surface area contributed by atoms with Gasteiger partial charge in [-0.25, -0.2) is 0 Å². The molecular weight excluding hydrogens is 517 g/mol. The molecule has 0 fully saturated rings. The van der Waals surface area contributed by atoms with E-state index in [9.17, 15) is 0 Å². The Morgan fingerprint density at radius 2 is 1.26 bits per heavy atom. The van der Waals surface area contributed by atoms with Crippen molar-refractivity contribution in [3.63, 3.8) is 0 Å². The lowest BCUT2D eigenvalue weighted by atomic mass is 10.1. The van der Waals surface area contributed by atoms with Gasteiger partial charge in [-0.3, -0.25) is 9.97 Å². The molecule has 0 saturated carbocycles. The maximum atomic E-state index is 9.16. The molecule has 0 spiro atoms. The van der Waals surface area contributed by atoms with Gasteiger partial charge in [0.1, 0.15) is 12.4 Å². The molecule has 0 amide bonds. The van der Waals surface area contributed by atoms with Crippen molar-refractivity contribution in [3.8, 4) is 11.8 Å². The lowest BCUT2D eigenvalue weighted by Gasteiger charge is -2.11. The zero-order valence-electron chi connectivity index (χ0n) is 21.6. The van der Waals surface area contributed by atoms with E-state index in [0.717, 1.165) is 66.2 Å². The first-order chi connectivity index (χ1) is 18.2. The minimum atomic E-state index is 0.0367. The molecular formula is C31H27Cl2N3O2. The Kier molecular flexibility index (Phi) is 8.48. The van der Waals surface area contributed by atoms with Gasteiger partial charge in [0, 0.05) is 22.2 Å². The van der Waals surface area contributed by atoms with Crippen LogP contribution in [0.1, 0.15) is 39.2 Å². The first-order valence-electron chi connectivity index (χ1n) is 12.0. The maximum Gasteiger partial charge on any atom is 0.119 e. The highest BCUT2D eigenvalue weighted by atomic mass is 35.5. The second kappa shape index (κ2) is 11.8. The molecule has 0 saturated heterocycles. The number of ether oxygens (including phenoxy) is 1. The molecule has 5 aromatic rings. The Bertz CT molecular complexity index is 1680. The van der Waals surface area contributed by atoms with E-state index in [1.54, 1.807) is 24.3 Å². The van der Waals surface area contributed by atoms with Crippen molar-refractivity contribution in [2.24, 2.45) is 0 Å². The molecule has 0 atom stereocenters. The van der Waals surface area contributed by atoms with E-state index in [4.69, 9.17) is 38.3 Å². The van der Waals surface area contributed by atoms with Gasteiger partial charge < -0.3 is 9.84 Å². The number of nitrogens with zero attached hydrogens (tertiary/aromatic N) is 3. The summed E-state index contributed by atoms with van der Waals surface area (Å²) in [5.41, 5.74) is 8.23. The number of pyridine rings is 2. The van der Waals surface area contributed by atoms with Gasteiger partial charge in [-0.15, -0.1) is 0 Å². The summed E-state index contributed by atoms with van der Waals surface area (Å²) in [6, 6.07) is 20.8. The average molecular weight is 544 g/mol. The highest BCUT2D eigenvalue weighted by Gasteiger charge is 2.08. The molecule has 1 N–H and O–H groups in total. The second-order valence-electron chi connectivity index (χ2n) is 9.17. The number of rotatable bonds is 4. The largest absolute Gasteiger partial charge is 0.489 e. The zero-order chi connectivity index (χ0) is 27.4. The number of halogens is 2. The van der Waals surface area contributed by atoms with Crippen LogP contribution in [-0.2, 0) is 13.2 Å². The van der Waals surface area contributed by atoms with Gasteiger partial charge in [0.15, 0.2) is 0 Å². The molecule has 0 aliphatic rings. The topological polar surface area (TPSA) is 79.0 Å². The fourth-order valence-electron chi connectivity index (χ4n) is 4.13. The lowest BCUT2D eigenvalue weighted by molar-refractivity contribution is 0.281. The van der Waals surface area contributed by atoms with Crippen LogP contribution in [0.2, 0.25) is 10.0 Å². The third-order valence-corrected chi connectivity index (χ3v) is 6.86. The van der Waals surface area contributed by atoms with Crippen LogP contribution in [0, 0.1) is 39.0 Å². The van der Waals surface area contributed by atoms with Crippen molar-refractivity contribution in [2.75, 3.05) is 0 Å². The quantitative estimate of drug-likeness (QED) is 0.248. The normalized spacial score (nSPS) is 10.7. The average Bonchev–Trinajstić information content (AvgIpc) is 2.89. The highest BCUT2D eigenvalue weighted by molar-refractivity contribution is 6.35. The third kappa shape index (κ3) is 6.23. The fourth-order valence-corrected chi connectivity index (χ4v) is 4.75. The first kappa shape index (κ1) is 27.3. The Morgan fingerprint density at radius 1 is 0.763 bits per heavy atom. The van der Waals surface area contributed by atoms with E-state index >= 15 is 0 Å². The van der Waals surface area contributed by atoms with Crippen molar-refractivity contribution in [2.45, 2.75) is 40.9 Å². The van der Waals surface area contributed by atoms with Crippen molar-refractivity contribution in [1.82, 2.24) is 9.97 Å². The number of nitriles is 1. The van der Waals surface area contributed by atoms with Crippen LogP contribution in [0.4, 0.5) is 0 Å². The van der Waals surface area contributed by atoms with Crippen molar-refractivity contribution >= 4 is 45.0 Å². The number of fused-ring (bicyclic) bond motifs is 2. The molecule has 192 valence electrons. The van der Waals surface area contributed by atoms with Gasteiger partial charge in [0.25, 0.3) is 0 Å². The monoisotopic (exact) mass is 543 g/mol. The number of aryl methyl sites for hydroxylation is 4. The smallest absolute Gasteiger partial charge is 0.119 e. The van der Waals surface area contributed by atoms with Gasteiger partial charge in [-0.05, 0) is 111 Å². The molecule has 5 nitrogen and oxygen atoms in total. The van der Waals surface area contributed by atoms with Gasteiger partial charge in [0.2, 0.25) is 0 Å². The van der Waals surface area contributed by atoms with Gasteiger partial charge >= 0.3 is 0 Å². The Hall–Kier alpha value is -3.69. The SMILES string of the molecule is Cc1cc(Cl)c2cc(C)c(CO)cc2n1.Cc1cc(Cl)c2cc(C)c(COc3ccc(C#N)cc3)cc2n1. The van der Waals surface area contributed by atoms with Crippen molar-refractivity contribution in [1.29, 1.82) is 5.26 Å². The first-order valence-corrected chi connectivity index (χ1v) is 12.8. The van der Waals surface area contributed by atoms with E-state index < -0.39 is 0 Å². The number of hydrogen-bond acceptors (Lipinski definition) is 5. The summed E-state index contributed by atoms with van der Waals surface area (Å²) in [5, 5.41) is 21.3. The van der Waals surface area contributed by atoms with Crippen molar-refractivity contribution < 1.29 is 9.84 Å². The van der Waals surface area contributed by atoms with Gasteiger partial charge in [-0.2, -0.15) is 5.26 Å². The zero-order valence-corrected chi connectivity index (χ0v) is 23.2. The molecule has 2 heterocycles. The molecule has 0 aliphatic carbocycles. The van der Waals surface area contributed by atoms with Crippen LogP contribution in [0.15, 0.2) is 60.7 Å². The van der Waals surface area contributed by atoms with Crippen molar-refractivity contribution in [3.05, 3.63) is 110 Å². The number of aliphatic hydroxyl groups excluding tert-OH is 1. The van der Waals surface area contributed by atoms with Crippen LogP contribution in [0.25, 0.3) is 21.8 Å². The Balaban J connectivity index is 0.000000194. The number of aliphatic hydroxyl groups is 1. The Morgan fingerprint density at radius 3 is 1.76 bits per heavy atom. The van der Waals surface area contributed by atoms with Gasteiger partial charge in [-0.1, -0.05) is 23.2 Å². The van der Waals surface area contributed by atoms with E-state index in [1.165, 1.54) is 0 Å². The molecule has 0 aliphatic heterocycles. The molecule has 2 aromatic heterocycles. The highest BCUT2D eigenvalue weighted by Crippen LogP contribution is 2.28. The van der Waals surface area contributed by atoms with Crippen LogP contribution < -0.4 is 4.74 Å². The predicted molar refractivity (Wildman–Crippen MR) is 154 cm³/mol. The summed E-state index contributed by atoms with van der Waals surface area (Å²) in [4.78, 5) is 8.93. The molecule has 0 radical (unpaired) electrons. The van der Waals surface area contributed by atoms with E-state index in [1.807, 2.05) is 64.1 Å². The number of benzene rings is 3. The van der Waals surface area contributed by atoms with Crippen LogP contribution in [0.5, 0.6) is 5.75 Å². The summed E-state index contributed by atoms with van der Waals surface area (Å²) < 4.78 is 5.81. The maximum absolute atomic E-state index is 9.16. The lowest BCUT2D eigenvalue weighted by Crippen LogP contribution is -1.99. The van der Waals surface area contributed by atoms with E-state index in [-0.39, 0.29) is 6.61 Å². The second-order valence-corrected chi connectivity index (χ2v) is 9.98. The molecule has 38 heavy (non-hydrogen) atoms. The fraction of sp³-hybridized carbons (Fsp3) is 0.194. The van der Waals surface area contributed by atoms with Crippen LogP contribution >= 0.6 is 23.2 Å². The third-order valence-electron chi connectivity index (χ3n) is 6.24. The minimum absolute atomic E-state index is 0.0367. The van der Waals surface area contributed by atoms with Gasteiger partial charge in [0.05, 0.1) is 39.3 Å². The van der Waals surface area contributed by atoms with Crippen LogP contribution in [-0.4, -0.2) is 15.1 Å². The number of aromatic nitrogens is 2. The van der Waals surface area contributed by atoms with Crippen LogP contribution in [0.3, 0.4) is 0 Å². The standard InChI is InChI=1S/C19H15ClN2O.C12H12ClNO/c1-12-7-17-18(20)8-13(2)22-19(17)9-15(12)11-23-16-5-3-14(10-21)4-6-16;1-7-3-10-11(13)4-8(2)14-12(10)5-9(7)6-15/h3-9H,11H2,1-2H3;3-5,15H,6H2,1-2H3. The summed E-state index contributed by atoms with van der Waals surface area (Å²) in [7, 11) is 0. The molecule has 5 rings (SSSR count). The molecule has 0 unspecified atom stereocenters.